The van der Waals surface area contributed by atoms with E-state index >= 15 is 0 Å². The van der Waals surface area contributed by atoms with Crippen LogP contribution in [0.3, 0.4) is 0 Å². The van der Waals surface area contributed by atoms with Crippen LogP contribution in [0.5, 0.6) is 0 Å². The number of amides is 1. The molecule has 0 spiro atoms. The molecule has 1 N–H and O–H groups in total. The van der Waals surface area contributed by atoms with Crippen molar-refractivity contribution in [3.8, 4) is 0 Å². The summed E-state index contributed by atoms with van der Waals surface area (Å²) in [7, 11) is 0. The summed E-state index contributed by atoms with van der Waals surface area (Å²) in [6.07, 6.45) is 9.20. The minimum atomic E-state index is -0.188. The first-order valence-electron chi connectivity index (χ1n) is 6.71. The molecule has 0 heterocycles. The Hall–Kier alpha value is -0.730. The third kappa shape index (κ3) is 3.39. The molecule has 3 heteroatoms. The highest BCUT2D eigenvalue weighted by Crippen LogP contribution is 2.24. The fourth-order valence-electron chi connectivity index (χ4n) is 2.76. The summed E-state index contributed by atoms with van der Waals surface area (Å²) in [4.78, 5) is 11.6. The van der Waals surface area contributed by atoms with E-state index in [0.29, 0.717) is 6.04 Å². The molecule has 16 heavy (non-hydrogen) atoms. The van der Waals surface area contributed by atoms with Gasteiger partial charge in [0.25, 0.3) is 0 Å². The predicted octanol–water partition coefficient (Wildman–Crippen LogP) is 3.23. The number of hydrogen-bond donors (Lipinski definition) is 1. The summed E-state index contributed by atoms with van der Waals surface area (Å²) in [6.45, 7) is 2.28. The first kappa shape index (κ1) is 11.7. The smallest absolute Gasteiger partial charge is 0.407 e. The molecule has 0 aromatic rings. The van der Waals surface area contributed by atoms with Gasteiger partial charge in [-0.25, -0.2) is 4.79 Å². The molecule has 2 saturated carbocycles. The molecular formula is C13H23NO2. The number of alkyl carbamates (subject to hydrolysis) is 1. The predicted molar refractivity (Wildman–Crippen MR) is 63.3 cm³/mol. The molecule has 0 radical (unpaired) electrons. The average molecular weight is 225 g/mol. The Morgan fingerprint density at radius 2 is 1.69 bits per heavy atom. The Morgan fingerprint density at radius 1 is 1.06 bits per heavy atom. The second-order valence-electron chi connectivity index (χ2n) is 5.41. The number of hydrogen-bond acceptors (Lipinski definition) is 2. The molecule has 2 rings (SSSR count). The molecule has 0 unspecified atom stereocenters. The quantitative estimate of drug-likeness (QED) is 0.783. The van der Waals surface area contributed by atoms with Crippen molar-refractivity contribution < 1.29 is 9.53 Å². The maximum Gasteiger partial charge on any atom is 0.407 e. The number of ether oxygens (including phenoxy) is 1. The Balaban J connectivity index is 1.66. The molecule has 3 nitrogen and oxygen atoms in total. The SMILES string of the molecule is CC1CCC(NC(=O)OC2CCCC2)CC1. The molecule has 0 bridgehead atoms. The van der Waals surface area contributed by atoms with E-state index in [9.17, 15) is 4.79 Å². The standard InChI is InChI=1S/C13H23NO2/c1-10-6-8-11(9-7-10)14-13(15)16-12-4-2-3-5-12/h10-12H,2-9H2,1H3,(H,14,15). The molecule has 0 atom stereocenters. The lowest BCUT2D eigenvalue weighted by atomic mass is 9.87. The first-order chi connectivity index (χ1) is 7.74. The zero-order valence-electron chi connectivity index (χ0n) is 10.2. The highest BCUT2D eigenvalue weighted by molar-refractivity contribution is 5.67. The van der Waals surface area contributed by atoms with Gasteiger partial charge in [0.1, 0.15) is 6.10 Å². The Morgan fingerprint density at radius 3 is 2.31 bits per heavy atom. The third-order valence-electron chi connectivity index (χ3n) is 3.91. The largest absolute Gasteiger partial charge is 0.446 e. The molecule has 0 aromatic heterocycles. The van der Waals surface area contributed by atoms with Crippen LogP contribution in [0.2, 0.25) is 0 Å². The average Bonchev–Trinajstić information content (AvgIpc) is 2.74. The maximum atomic E-state index is 11.6. The summed E-state index contributed by atoms with van der Waals surface area (Å²) >= 11 is 0. The Kier molecular flexibility index (Phi) is 4.08. The van der Waals surface area contributed by atoms with Crippen LogP contribution in [0.1, 0.15) is 58.3 Å². The van der Waals surface area contributed by atoms with Crippen molar-refractivity contribution >= 4 is 6.09 Å². The van der Waals surface area contributed by atoms with Crippen molar-refractivity contribution in [3.05, 3.63) is 0 Å². The lowest BCUT2D eigenvalue weighted by Crippen LogP contribution is -2.38. The molecule has 2 aliphatic carbocycles. The summed E-state index contributed by atoms with van der Waals surface area (Å²) < 4.78 is 5.39. The van der Waals surface area contributed by atoms with Crippen LogP contribution in [0.4, 0.5) is 4.79 Å². The first-order valence-corrected chi connectivity index (χ1v) is 6.71. The van der Waals surface area contributed by atoms with Gasteiger partial charge in [0.05, 0.1) is 0 Å². The molecular weight excluding hydrogens is 202 g/mol. The van der Waals surface area contributed by atoms with Crippen LogP contribution in [0, 0.1) is 5.92 Å². The summed E-state index contributed by atoms with van der Waals surface area (Å²) in [5.41, 5.74) is 0. The van der Waals surface area contributed by atoms with Crippen molar-refractivity contribution in [1.29, 1.82) is 0 Å². The van der Waals surface area contributed by atoms with Gasteiger partial charge in [-0.1, -0.05) is 6.92 Å². The Labute approximate surface area is 97.9 Å². The third-order valence-corrected chi connectivity index (χ3v) is 3.91. The topological polar surface area (TPSA) is 38.3 Å². The minimum Gasteiger partial charge on any atom is -0.446 e. The summed E-state index contributed by atoms with van der Waals surface area (Å²) in [6, 6.07) is 0.352. The van der Waals surface area contributed by atoms with E-state index < -0.39 is 0 Å². The highest BCUT2D eigenvalue weighted by atomic mass is 16.6. The van der Waals surface area contributed by atoms with Gasteiger partial charge in [0.15, 0.2) is 0 Å². The van der Waals surface area contributed by atoms with Crippen LogP contribution >= 0.6 is 0 Å². The van der Waals surface area contributed by atoms with Gasteiger partial charge in [-0.2, -0.15) is 0 Å². The van der Waals surface area contributed by atoms with E-state index in [1.807, 2.05) is 0 Å². The lowest BCUT2D eigenvalue weighted by molar-refractivity contribution is 0.0951. The van der Waals surface area contributed by atoms with Crippen molar-refractivity contribution in [2.75, 3.05) is 0 Å². The number of nitrogens with one attached hydrogen (secondary N) is 1. The second-order valence-corrected chi connectivity index (χ2v) is 5.41. The van der Waals surface area contributed by atoms with Gasteiger partial charge in [0, 0.05) is 6.04 Å². The van der Waals surface area contributed by atoms with Crippen molar-refractivity contribution in [1.82, 2.24) is 5.32 Å². The zero-order chi connectivity index (χ0) is 11.4. The van der Waals surface area contributed by atoms with Crippen LogP contribution in [0.25, 0.3) is 0 Å². The van der Waals surface area contributed by atoms with Crippen LogP contribution < -0.4 is 5.32 Å². The molecule has 92 valence electrons. The van der Waals surface area contributed by atoms with Gasteiger partial charge in [-0.05, 0) is 57.3 Å². The molecule has 2 fully saturated rings. The van der Waals surface area contributed by atoms with E-state index in [1.165, 1.54) is 25.7 Å². The minimum absolute atomic E-state index is 0.183. The van der Waals surface area contributed by atoms with Crippen molar-refractivity contribution in [2.24, 2.45) is 5.92 Å². The molecule has 1 amide bonds. The molecule has 0 aromatic carbocycles. The van der Waals surface area contributed by atoms with E-state index in [2.05, 4.69) is 12.2 Å². The normalized spacial score (nSPS) is 31.3. The lowest BCUT2D eigenvalue weighted by Gasteiger charge is -2.27. The number of carbonyl (C=O) groups is 1. The summed E-state index contributed by atoms with van der Waals surface area (Å²) in [5, 5.41) is 3.01. The zero-order valence-corrected chi connectivity index (χ0v) is 10.2. The van der Waals surface area contributed by atoms with Crippen LogP contribution in [-0.4, -0.2) is 18.2 Å². The van der Waals surface area contributed by atoms with Gasteiger partial charge >= 0.3 is 6.09 Å². The van der Waals surface area contributed by atoms with Crippen molar-refractivity contribution in [3.63, 3.8) is 0 Å². The van der Waals surface area contributed by atoms with Gasteiger partial charge in [-0.15, -0.1) is 0 Å². The summed E-state index contributed by atoms with van der Waals surface area (Å²) in [5.74, 6) is 0.823. The van der Waals surface area contributed by atoms with Crippen LogP contribution in [0.15, 0.2) is 0 Å². The fraction of sp³-hybridized carbons (Fsp3) is 0.923. The second kappa shape index (κ2) is 5.55. The fourth-order valence-corrected chi connectivity index (χ4v) is 2.76. The van der Waals surface area contributed by atoms with Gasteiger partial charge in [-0.3, -0.25) is 0 Å². The van der Waals surface area contributed by atoms with Gasteiger partial charge in [0.2, 0.25) is 0 Å². The van der Waals surface area contributed by atoms with Crippen molar-refractivity contribution in [2.45, 2.75) is 70.4 Å². The monoisotopic (exact) mass is 225 g/mol. The Bertz CT molecular complexity index is 228. The van der Waals surface area contributed by atoms with E-state index in [0.717, 1.165) is 31.6 Å². The number of carbonyl (C=O) groups excluding carboxylic acids is 1. The number of rotatable bonds is 2. The van der Waals surface area contributed by atoms with Gasteiger partial charge < -0.3 is 10.1 Å². The maximum absolute atomic E-state index is 11.6. The highest BCUT2D eigenvalue weighted by Gasteiger charge is 2.23. The molecule has 2 aliphatic rings. The van der Waals surface area contributed by atoms with E-state index in [-0.39, 0.29) is 12.2 Å². The van der Waals surface area contributed by atoms with Crippen LogP contribution in [-0.2, 0) is 4.74 Å². The van der Waals surface area contributed by atoms with E-state index in [4.69, 9.17) is 4.74 Å². The molecule has 0 saturated heterocycles. The van der Waals surface area contributed by atoms with E-state index in [1.54, 1.807) is 0 Å². The molecule has 0 aliphatic heterocycles.